The maximum Gasteiger partial charge on any atom is 0.283 e. The van der Waals surface area contributed by atoms with Crippen molar-refractivity contribution in [2.45, 2.75) is 40.5 Å². The number of amides is 1. The third-order valence-corrected chi connectivity index (χ3v) is 7.02. The van der Waals surface area contributed by atoms with E-state index < -0.39 is 5.91 Å². The van der Waals surface area contributed by atoms with Crippen molar-refractivity contribution in [3.63, 3.8) is 0 Å². The lowest BCUT2D eigenvalue weighted by Gasteiger charge is -2.20. The number of nitrogens with one attached hydrogen (secondary N) is 1. The average Bonchev–Trinajstić information content (AvgIpc) is 3.27. The van der Waals surface area contributed by atoms with Crippen LogP contribution >= 0.6 is 11.8 Å². The summed E-state index contributed by atoms with van der Waals surface area (Å²) < 4.78 is 11.6. The van der Waals surface area contributed by atoms with Gasteiger partial charge in [0.2, 0.25) is 5.17 Å². The molecule has 0 unspecified atom stereocenters. The lowest BCUT2D eigenvalue weighted by atomic mass is 10.1. The van der Waals surface area contributed by atoms with Crippen LogP contribution in [0.3, 0.4) is 0 Å². The summed E-state index contributed by atoms with van der Waals surface area (Å²) in [7, 11) is 0. The summed E-state index contributed by atoms with van der Waals surface area (Å²) in [4.78, 5) is 16.8. The minimum absolute atomic E-state index is 0.0531. The summed E-state index contributed by atoms with van der Waals surface area (Å²) in [6.45, 7) is 9.14. The van der Waals surface area contributed by atoms with E-state index in [4.69, 9.17) is 14.9 Å². The molecule has 2 aromatic rings. The summed E-state index contributed by atoms with van der Waals surface area (Å²) in [6, 6.07) is 13.5. The molecule has 0 fully saturated rings. The van der Waals surface area contributed by atoms with Gasteiger partial charge in [-0.15, -0.1) is 0 Å². The van der Waals surface area contributed by atoms with Crippen molar-refractivity contribution in [3.05, 3.63) is 64.7 Å². The Balaban J connectivity index is 1.37. The largest absolute Gasteiger partial charge is 0.490 e. The molecular formula is C27H30N4O3S. The molecule has 1 N–H and O–H groups in total. The Morgan fingerprint density at radius 2 is 1.77 bits per heavy atom. The fourth-order valence-corrected chi connectivity index (χ4v) is 4.97. The Morgan fingerprint density at radius 1 is 1.06 bits per heavy atom. The first kappa shape index (κ1) is 24.7. The first-order valence-electron chi connectivity index (χ1n) is 11.8. The lowest BCUT2D eigenvalue weighted by molar-refractivity contribution is -0.114. The highest BCUT2D eigenvalue weighted by atomic mass is 32.2. The van der Waals surface area contributed by atoms with Crippen molar-refractivity contribution >= 4 is 39.8 Å². The van der Waals surface area contributed by atoms with Gasteiger partial charge in [0, 0.05) is 5.92 Å². The van der Waals surface area contributed by atoms with Crippen molar-refractivity contribution in [1.29, 1.82) is 5.41 Å². The van der Waals surface area contributed by atoms with Gasteiger partial charge in [0.15, 0.2) is 5.84 Å². The summed E-state index contributed by atoms with van der Waals surface area (Å²) >= 11 is 1.39. The molecule has 0 aliphatic carbocycles. The third kappa shape index (κ3) is 5.65. The molecular weight excluding hydrogens is 460 g/mol. The highest BCUT2D eigenvalue weighted by Crippen LogP contribution is 2.33. The Hall–Kier alpha value is -3.39. The molecule has 2 heterocycles. The molecule has 2 aromatic carbocycles. The van der Waals surface area contributed by atoms with Crippen LogP contribution in [0.25, 0.3) is 6.08 Å². The van der Waals surface area contributed by atoms with Crippen LogP contribution in [-0.4, -0.2) is 40.2 Å². The van der Waals surface area contributed by atoms with Gasteiger partial charge in [-0.3, -0.25) is 10.2 Å². The number of fused-ring (bicyclic) bond motifs is 1. The summed E-state index contributed by atoms with van der Waals surface area (Å²) in [6.07, 6.45) is 3.59. The number of rotatable bonds is 9. The quantitative estimate of drug-likeness (QED) is 0.354. The van der Waals surface area contributed by atoms with Crippen LogP contribution in [0.4, 0.5) is 0 Å². The molecule has 182 valence electrons. The Morgan fingerprint density at radius 3 is 2.49 bits per heavy atom. The molecule has 0 bridgehead atoms. The number of thioether (sulfide) groups is 1. The van der Waals surface area contributed by atoms with Gasteiger partial charge in [0.25, 0.3) is 5.91 Å². The van der Waals surface area contributed by atoms with Gasteiger partial charge in [-0.25, -0.2) is 0 Å². The predicted molar refractivity (Wildman–Crippen MR) is 142 cm³/mol. The Kier molecular flexibility index (Phi) is 7.70. The second-order valence-electron chi connectivity index (χ2n) is 8.51. The molecule has 2 aliphatic rings. The monoisotopic (exact) mass is 490 g/mol. The molecule has 4 rings (SSSR count). The van der Waals surface area contributed by atoms with Gasteiger partial charge in [0.1, 0.15) is 29.8 Å². The number of amidine groups is 2. The maximum absolute atomic E-state index is 12.6. The van der Waals surface area contributed by atoms with Crippen LogP contribution < -0.4 is 9.47 Å². The summed E-state index contributed by atoms with van der Waals surface area (Å²) in [5.74, 6) is 1.52. The number of nitrogens with zero attached hydrogens (tertiary/aromatic N) is 3. The minimum Gasteiger partial charge on any atom is -0.490 e. The van der Waals surface area contributed by atoms with Gasteiger partial charge >= 0.3 is 0 Å². The molecule has 0 radical (unpaired) electrons. The molecule has 0 saturated heterocycles. The first-order chi connectivity index (χ1) is 16.9. The second-order valence-corrected chi connectivity index (χ2v) is 9.49. The summed E-state index contributed by atoms with van der Waals surface area (Å²) in [5.41, 5.74) is 3.26. The van der Waals surface area contributed by atoms with Crippen molar-refractivity contribution in [2.75, 3.05) is 13.2 Å². The van der Waals surface area contributed by atoms with Crippen LogP contribution in [0.15, 0.2) is 58.1 Å². The highest BCUT2D eigenvalue weighted by molar-refractivity contribution is 8.27. The van der Waals surface area contributed by atoms with Crippen LogP contribution in [0.2, 0.25) is 0 Å². The number of aliphatic imine (C=N–C) groups is 1. The van der Waals surface area contributed by atoms with Crippen LogP contribution in [0, 0.1) is 25.2 Å². The standard InChI is InChI=1S/C27H30N4O3S/c1-5-20(6-2)26-30-31-24(28)22(25(32)29-27(31)35-26)16-19-9-11-21(12-10-19)33-13-14-34-23-15-17(3)7-8-18(23)4/h7-12,15-16,20,28H,5-6,13-14H2,1-4H3/b22-16+,28-24?. The third-order valence-electron chi connectivity index (χ3n) is 5.95. The second kappa shape index (κ2) is 10.9. The highest BCUT2D eigenvalue weighted by Gasteiger charge is 2.37. The van der Waals surface area contributed by atoms with Crippen LogP contribution in [0.5, 0.6) is 11.5 Å². The normalized spacial score (nSPS) is 16.5. The Labute approximate surface area is 210 Å². The number of benzene rings is 2. The predicted octanol–water partition coefficient (Wildman–Crippen LogP) is 5.82. The zero-order valence-electron chi connectivity index (χ0n) is 20.5. The van der Waals surface area contributed by atoms with Crippen molar-refractivity contribution in [3.8, 4) is 11.5 Å². The number of aryl methyl sites for hydroxylation is 2. The van der Waals surface area contributed by atoms with E-state index >= 15 is 0 Å². The number of hydrogen-bond donors (Lipinski definition) is 1. The van der Waals surface area contributed by atoms with E-state index in [2.05, 4.69) is 30.0 Å². The minimum atomic E-state index is -0.418. The first-order valence-corrected chi connectivity index (χ1v) is 12.6. The molecule has 0 atom stereocenters. The molecule has 0 spiro atoms. The number of carbonyl (C=O) groups is 1. The van der Waals surface area contributed by atoms with E-state index in [1.54, 1.807) is 6.08 Å². The van der Waals surface area contributed by atoms with Crippen LogP contribution in [0.1, 0.15) is 43.4 Å². The van der Waals surface area contributed by atoms with E-state index in [1.807, 2.05) is 50.2 Å². The lowest BCUT2D eigenvalue weighted by Crippen LogP contribution is -2.35. The van der Waals surface area contributed by atoms with E-state index in [0.29, 0.717) is 30.0 Å². The topological polar surface area (TPSA) is 87.3 Å². The van der Waals surface area contributed by atoms with Crippen molar-refractivity contribution < 1.29 is 14.3 Å². The van der Waals surface area contributed by atoms with Gasteiger partial charge < -0.3 is 9.47 Å². The average molecular weight is 491 g/mol. The molecule has 1 amide bonds. The smallest absolute Gasteiger partial charge is 0.283 e. The molecule has 7 nitrogen and oxygen atoms in total. The van der Waals surface area contributed by atoms with Gasteiger partial charge in [-0.05, 0) is 79.4 Å². The zero-order chi connectivity index (χ0) is 24.9. The van der Waals surface area contributed by atoms with Crippen molar-refractivity contribution in [2.24, 2.45) is 16.0 Å². The Bertz CT molecular complexity index is 1210. The van der Waals surface area contributed by atoms with E-state index in [1.165, 1.54) is 16.8 Å². The fourth-order valence-electron chi connectivity index (χ4n) is 3.81. The van der Waals surface area contributed by atoms with Gasteiger partial charge in [-0.2, -0.15) is 15.1 Å². The van der Waals surface area contributed by atoms with Crippen molar-refractivity contribution in [1.82, 2.24) is 5.01 Å². The number of hydrazone groups is 1. The molecule has 2 aliphatic heterocycles. The fraction of sp³-hybridized carbons (Fsp3) is 0.333. The SMILES string of the molecule is CCC(CC)C1=NN2C(=N)/C(=C\c3ccc(OCCOc4cc(C)ccc4C)cc3)C(=O)N=C2S1. The van der Waals surface area contributed by atoms with Crippen LogP contribution in [-0.2, 0) is 4.79 Å². The molecule has 8 heteroatoms. The van der Waals surface area contributed by atoms with E-state index in [9.17, 15) is 4.79 Å². The number of hydrogen-bond acceptors (Lipinski definition) is 6. The number of ether oxygens (including phenoxy) is 2. The zero-order valence-corrected chi connectivity index (χ0v) is 21.3. The molecule has 0 saturated carbocycles. The van der Waals surface area contributed by atoms with E-state index in [-0.39, 0.29) is 11.4 Å². The molecule has 35 heavy (non-hydrogen) atoms. The molecule has 0 aromatic heterocycles. The summed E-state index contributed by atoms with van der Waals surface area (Å²) in [5, 5.41) is 16.0. The van der Waals surface area contributed by atoms with Gasteiger partial charge in [0.05, 0.1) is 5.57 Å². The van der Waals surface area contributed by atoms with E-state index in [0.717, 1.165) is 40.3 Å². The number of carbonyl (C=O) groups excluding carboxylic acids is 1. The van der Waals surface area contributed by atoms with Gasteiger partial charge in [-0.1, -0.05) is 38.1 Å². The maximum atomic E-state index is 12.6.